The molecule has 2 aromatic carbocycles. The highest BCUT2D eigenvalue weighted by Crippen LogP contribution is 2.32. The van der Waals surface area contributed by atoms with Crippen molar-refractivity contribution in [1.82, 2.24) is 10.2 Å². The third kappa shape index (κ3) is 3.99. The first kappa shape index (κ1) is 18.4. The molecule has 0 unspecified atom stereocenters. The summed E-state index contributed by atoms with van der Waals surface area (Å²) in [4.78, 5) is 14.5. The van der Waals surface area contributed by atoms with E-state index in [2.05, 4.69) is 5.32 Å². The molecule has 0 aliphatic carbocycles. The molecule has 0 radical (unpaired) electrons. The summed E-state index contributed by atoms with van der Waals surface area (Å²) >= 11 is 0. The molecule has 2 aliphatic heterocycles. The Hall–Kier alpha value is -2.93. The second kappa shape index (κ2) is 7.98. The van der Waals surface area contributed by atoms with Gasteiger partial charge in [0.25, 0.3) is 0 Å². The van der Waals surface area contributed by atoms with Crippen LogP contribution in [0.1, 0.15) is 12.5 Å². The molecular weight excluding hydrogens is 360 g/mol. The molecule has 2 atom stereocenters. The number of para-hydroxylation sites is 2. The Morgan fingerprint density at radius 2 is 1.86 bits per heavy atom. The number of nitrogens with zero attached hydrogens (tertiary/aromatic N) is 1. The number of fused-ring (bicyclic) bond motifs is 2. The maximum absolute atomic E-state index is 12.6. The number of likely N-dealkylation sites (N-methyl/N-ethyl adjacent to an activating group) is 1. The highest BCUT2D eigenvalue weighted by Gasteiger charge is 2.26. The molecule has 0 aromatic heterocycles. The van der Waals surface area contributed by atoms with Gasteiger partial charge in [-0.15, -0.1) is 0 Å². The lowest BCUT2D eigenvalue weighted by Crippen LogP contribution is -2.48. The summed E-state index contributed by atoms with van der Waals surface area (Å²) in [7, 11) is 1.91. The highest BCUT2D eigenvalue weighted by molar-refractivity contribution is 5.81. The van der Waals surface area contributed by atoms with Gasteiger partial charge in [0.05, 0.1) is 6.04 Å². The van der Waals surface area contributed by atoms with Crippen LogP contribution in [-0.2, 0) is 11.3 Å². The number of amides is 1. The van der Waals surface area contributed by atoms with Crippen LogP contribution in [0.5, 0.6) is 23.0 Å². The molecule has 2 heterocycles. The molecule has 148 valence electrons. The van der Waals surface area contributed by atoms with Crippen LogP contribution in [0.2, 0.25) is 0 Å². The fourth-order valence-corrected chi connectivity index (χ4v) is 3.22. The zero-order valence-corrected chi connectivity index (χ0v) is 16.0. The smallest absolute Gasteiger partial charge is 0.237 e. The summed E-state index contributed by atoms with van der Waals surface area (Å²) in [6.07, 6.45) is -0.121. The number of hydrogen-bond acceptors (Lipinski definition) is 6. The summed E-state index contributed by atoms with van der Waals surface area (Å²) in [6, 6.07) is 13.0. The summed E-state index contributed by atoms with van der Waals surface area (Å²) in [5.74, 6) is 2.91. The van der Waals surface area contributed by atoms with Gasteiger partial charge in [-0.1, -0.05) is 18.2 Å². The summed E-state index contributed by atoms with van der Waals surface area (Å²) in [5, 5.41) is 2.97. The van der Waals surface area contributed by atoms with Gasteiger partial charge >= 0.3 is 0 Å². The molecule has 0 fully saturated rings. The first-order valence-corrected chi connectivity index (χ1v) is 9.35. The van der Waals surface area contributed by atoms with Gasteiger partial charge in [0.2, 0.25) is 12.7 Å². The lowest BCUT2D eigenvalue weighted by molar-refractivity contribution is -0.126. The minimum Gasteiger partial charge on any atom is -0.486 e. The Morgan fingerprint density at radius 3 is 2.71 bits per heavy atom. The molecule has 0 saturated heterocycles. The van der Waals surface area contributed by atoms with Crippen LogP contribution >= 0.6 is 0 Å². The predicted octanol–water partition coefficient (Wildman–Crippen LogP) is 2.19. The number of nitrogens with one attached hydrogen (secondary N) is 1. The van der Waals surface area contributed by atoms with Crippen LogP contribution in [-0.4, -0.2) is 49.9 Å². The Balaban J connectivity index is 1.27. The van der Waals surface area contributed by atoms with Crippen molar-refractivity contribution < 1.29 is 23.7 Å². The zero-order valence-electron chi connectivity index (χ0n) is 16.0. The molecule has 28 heavy (non-hydrogen) atoms. The highest BCUT2D eigenvalue weighted by atomic mass is 16.7. The molecule has 2 aliphatic rings. The van der Waals surface area contributed by atoms with E-state index < -0.39 is 0 Å². The number of ether oxygens (including phenoxy) is 4. The standard InChI is InChI=1S/C21H24N2O5/c1-14(21(24)22-10-15-7-8-18-20(9-15)27-13-26-18)23(2)11-16-12-25-17-5-3-4-6-19(17)28-16/h3-9,14,16H,10-13H2,1-2H3,(H,22,24)/t14-,16-/m1/s1. The van der Waals surface area contributed by atoms with Crippen LogP contribution in [0.15, 0.2) is 42.5 Å². The van der Waals surface area contributed by atoms with Gasteiger partial charge in [0.15, 0.2) is 23.0 Å². The second-order valence-corrected chi connectivity index (χ2v) is 7.02. The van der Waals surface area contributed by atoms with Gasteiger partial charge in [0.1, 0.15) is 12.7 Å². The molecule has 0 bridgehead atoms. The van der Waals surface area contributed by atoms with Crippen molar-refractivity contribution in [1.29, 1.82) is 0 Å². The Bertz CT molecular complexity index is 856. The SMILES string of the molecule is C[C@H](C(=O)NCc1ccc2c(c1)OCO2)N(C)C[C@@H]1COc2ccccc2O1. The van der Waals surface area contributed by atoms with Gasteiger partial charge in [0, 0.05) is 13.1 Å². The Labute approximate surface area is 164 Å². The maximum atomic E-state index is 12.6. The monoisotopic (exact) mass is 384 g/mol. The van der Waals surface area contributed by atoms with Gasteiger partial charge in [-0.2, -0.15) is 0 Å². The van der Waals surface area contributed by atoms with Crippen LogP contribution < -0.4 is 24.3 Å². The van der Waals surface area contributed by atoms with E-state index >= 15 is 0 Å². The van der Waals surface area contributed by atoms with Crippen molar-refractivity contribution in [3.63, 3.8) is 0 Å². The van der Waals surface area contributed by atoms with Crippen molar-refractivity contribution >= 4 is 5.91 Å². The molecule has 2 aromatic rings. The predicted molar refractivity (Wildman–Crippen MR) is 103 cm³/mol. The normalized spacial score (nSPS) is 18.0. The number of benzene rings is 2. The topological polar surface area (TPSA) is 69.3 Å². The van der Waals surface area contributed by atoms with Gasteiger partial charge in [-0.25, -0.2) is 0 Å². The van der Waals surface area contributed by atoms with E-state index in [1.54, 1.807) is 0 Å². The first-order chi connectivity index (χ1) is 13.6. The van der Waals surface area contributed by atoms with Crippen LogP contribution in [0.4, 0.5) is 0 Å². The zero-order chi connectivity index (χ0) is 19.5. The lowest BCUT2D eigenvalue weighted by atomic mass is 10.2. The molecule has 1 N–H and O–H groups in total. The molecule has 4 rings (SSSR count). The minimum atomic E-state index is -0.296. The third-order valence-corrected chi connectivity index (χ3v) is 5.00. The summed E-state index contributed by atoms with van der Waals surface area (Å²) in [5.41, 5.74) is 0.966. The van der Waals surface area contributed by atoms with E-state index in [1.165, 1.54) is 0 Å². The van der Waals surface area contributed by atoms with Gasteiger partial charge < -0.3 is 24.3 Å². The molecule has 7 nitrogen and oxygen atoms in total. The van der Waals surface area contributed by atoms with Gasteiger partial charge in [-0.05, 0) is 43.8 Å². The van der Waals surface area contributed by atoms with Crippen LogP contribution in [0.3, 0.4) is 0 Å². The van der Waals surface area contributed by atoms with Crippen molar-refractivity contribution in [2.45, 2.75) is 25.6 Å². The van der Waals surface area contributed by atoms with E-state index in [1.807, 2.05) is 61.3 Å². The average molecular weight is 384 g/mol. The maximum Gasteiger partial charge on any atom is 0.237 e. The number of carbonyl (C=O) groups excluding carboxylic acids is 1. The fourth-order valence-electron chi connectivity index (χ4n) is 3.22. The third-order valence-electron chi connectivity index (χ3n) is 5.00. The number of carbonyl (C=O) groups is 1. The van der Waals surface area contributed by atoms with Crippen molar-refractivity contribution in [3.8, 4) is 23.0 Å². The Morgan fingerprint density at radius 1 is 1.11 bits per heavy atom. The Kier molecular flexibility index (Phi) is 5.25. The van der Waals surface area contributed by atoms with Crippen molar-refractivity contribution in [2.24, 2.45) is 0 Å². The molecule has 0 saturated carbocycles. The van der Waals surface area contributed by atoms with Crippen LogP contribution in [0.25, 0.3) is 0 Å². The van der Waals surface area contributed by atoms with Crippen LogP contribution in [0, 0.1) is 0 Å². The number of rotatable bonds is 6. The van der Waals surface area contributed by atoms with E-state index in [9.17, 15) is 4.79 Å². The lowest BCUT2D eigenvalue weighted by Gasteiger charge is -2.31. The van der Waals surface area contributed by atoms with Crippen molar-refractivity contribution in [3.05, 3.63) is 48.0 Å². The molecule has 1 amide bonds. The second-order valence-electron chi connectivity index (χ2n) is 7.02. The van der Waals surface area contributed by atoms with Crippen molar-refractivity contribution in [2.75, 3.05) is 27.0 Å². The van der Waals surface area contributed by atoms with Gasteiger partial charge in [-0.3, -0.25) is 9.69 Å². The molecule has 7 heteroatoms. The van der Waals surface area contributed by atoms with E-state index in [0.29, 0.717) is 25.4 Å². The van der Waals surface area contributed by atoms with E-state index in [0.717, 1.165) is 22.8 Å². The molecule has 0 spiro atoms. The van der Waals surface area contributed by atoms with E-state index in [4.69, 9.17) is 18.9 Å². The molecular formula is C21H24N2O5. The number of hydrogen-bond donors (Lipinski definition) is 1. The summed E-state index contributed by atoms with van der Waals surface area (Å²) in [6.45, 7) is 3.61. The minimum absolute atomic E-state index is 0.0442. The average Bonchev–Trinajstić information content (AvgIpc) is 3.19. The quantitative estimate of drug-likeness (QED) is 0.824. The van der Waals surface area contributed by atoms with E-state index in [-0.39, 0.29) is 24.8 Å². The fraction of sp³-hybridized carbons (Fsp3) is 0.381. The summed E-state index contributed by atoms with van der Waals surface area (Å²) < 4.78 is 22.4. The largest absolute Gasteiger partial charge is 0.486 e. The first-order valence-electron chi connectivity index (χ1n) is 9.35.